The fourth-order valence-corrected chi connectivity index (χ4v) is 3.82. The molecule has 0 radical (unpaired) electrons. The average Bonchev–Trinajstić information content (AvgIpc) is 2.47. The number of fused-ring (bicyclic) bond motifs is 1. The highest BCUT2D eigenvalue weighted by Crippen LogP contribution is 2.38. The number of amides is 1. The molecule has 1 aromatic rings. The highest BCUT2D eigenvalue weighted by Gasteiger charge is 2.37. The second-order valence-electron chi connectivity index (χ2n) is 6.37. The molecule has 0 spiro atoms. The van der Waals surface area contributed by atoms with E-state index in [1.165, 1.54) is 12.0 Å². The van der Waals surface area contributed by atoms with Crippen LogP contribution in [-0.4, -0.2) is 18.5 Å². The van der Waals surface area contributed by atoms with Crippen LogP contribution in [0.2, 0.25) is 0 Å². The first kappa shape index (κ1) is 13.6. The van der Waals surface area contributed by atoms with Crippen LogP contribution >= 0.6 is 0 Å². The van der Waals surface area contributed by atoms with E-state index in [-0.39, 0.29) is 11.9 Å². The van der Waals surface area contributed by atoms with E-state index < -0.39 is 0 Å². The first-order valence-corrected chi connectivity index (χ1v) is 7.80. The summed E-state index contributed by atoms with van der Waals surface area (Å²) in [6.45, 7) is 2.98. The molecule has 2 N–H and O–H groups in total. The standard InChI is InChI=1S/C17H24N2O/c1-12-6-7-14(11-18)16(10-12)19-15-5-3-2-4-13(15)8-9-17(19)20/h2-5,12,14,16H,6-11,18H2,1H3. The molecule has 108 valence electrons. The van der Waals surface area contributed by atoms with Crippen molar-refractivity contribution in [1.29, 1.82) is 0 Å². The molecule has 1 aliphatic carbocycles. The highest BCUT2D eigenvalue weighted by atomic mass is 16.2. The Balaban J connectivity index is 1.96. The molecule has 1 aliphatic heterocycles. The maximum Gasteiger partial charge on any atom is 0.227 e. The molecule has 1 amide bonds. The summed E-state index contributed by atoms with van der Waals surface area (Å²) in [5.74, 6) is 1.41. The molecule has 3 unspecified atom stereocenters. The fourth-order valence-electron chi connectivity index (χ4n) is 3.82. The van der Waals surface area contributed by atoms with Crippen LogP contribution in [0.25, 0.3) is 0 Å². The molecule has 0 aromatic heterocycles. The predicted molar refractivity (Wildman–Crippen MR) is 81.6 cm³/mol. The minimum atomic E-state index is 0.279. The maximum atomic E-state index is 12.5. The van der Waals surface area contributed by atoms with Crippen LogP contribution in [0.3, 0.4) is 0 Å². The summed E-state index contributed by atoms with van der Waals surface area (Å²) in [7, 11) is 0. The van der Waals surface area contributed by atoms with Gasteiger partial charge in [0.15, 0.2) is 0 Å². The van der Waals surface area contributed by atoms with Gasteiger partial charge in [0, 0.05) is 18.2 Å². The lowest BCUT2D eigenvalue weighted by Crippen LogP contribution is -2.51. The van der Waals surface area contributed by atoms with Gasteiger partial charge in [-0.1, -0.05) is 31.5 Å². The molecule has 20 heavy (non-hydrogen) atoms. The minimum absolute atomic E-state index is 0.279. The Kier molecular flexibility index (Phi) is 3.79. The van der Waals surface area contributed by atoms with Crippen molar-refractivity contribution < 1.29 is 4.79 Å². The Bertz CT molecular complexity index is 500. The second-order valence-corrected chi connectivity index (χ2v) is 6.37. The van der Waals surface area contributed by atoms with Crippen molar-refractivity contribution in [2.75, 3.05) is 11.4 Å². The topological polar surface area (TPSA) is 46.3 Å². The first-order chi connectivity index (χ1) is 9.70. The second kappa shape index (κ2) is 5.57. The smallest absolute Gasteiger partial charge is 0.227 e. The van der Waals surface area contributed by atoms with Gasteiger partial charge in [0.25, 0.3) is 0 Å². The van der Waals surface area contributed by atoms with Crippen molar-refractivity contribution >= 4 is 11.6 Å². The Hall–Kier alpha value is -1.35. The van der Waals surface area contributed by atoms with Gasteiger partial charge >= 0.3 is 0 Å². The largest absolute Gasteiger partial charge is 0.330 e. The fraction of sp³-hybridized carbons (Fsp3) is 0.588. The van der Waals surface area contributed by atoms with Crippen molar-refractivity contribution in [3.8, 4) is 0 Å². The number of rotatable bonds is 2. The van der Waals surface area contributed by atoms with E-state index in [2.05, 4.69) is 30.0 Å². The molecule has 3 heteroatoms. The number of para-hydroxylation sites is 1. The third-order valence-corrected chi connectivity index (χ3v) is 4.98. The molecule has 3 rings (SSSR count). The quantitative estimate of drug-likeness (QED) is 0.900. The van der Waals surface area contributed by atoms with Crippen LogP contribution < -0.4 is 10.6 Å². The van der Waals surface area contributed by atoms with Crippen LogP contribution in [0.4, 0.5) is 5.69 Å². The van der Waals surface area contributed by atoms with Gasteiger partial charge in [0.05, 0.1) is 0 Å². The number of carbonyl (C=O) groups is 1. The molecule has 0 saturated heterocycles. The van der Waals surface area contributed by atoms with Gasteiger partial charge in [-0.3, -0.25) is 4.79 Å². The summed E-state index contributed by atoms with van der Waals surface area (Å²) in [5.41, 5.74) is 8.41. The number of anilines is 1. The van der Waals surface area contributed by atoms with Gasteiger partial charge in [-0.05, 0) is 49.3 Å². The van der Waals surface area contributed by atoms with Crippen LogP contribution in [-0.2, 0) is 11.2 Å². The summed E-state index contributed by atoms with van der Waals surface area (Å²) in [5, 5.41) is 0. The summed E-state index contributed by atoms with van der Waals surface area (Å²) in [6, 6.07) is 8.64. The molecule has 1 heterocycles. The molecular weight excluding hydrogens is 248 g/mol. The van der Waals surface area contributed by atoms with Crippen molar-refractivity contribution in [3.05, 3.63) is 29.8 Å². The number of hydrogen-bond acceptors (Lipinski definition) is 2. The van der Waals surface area contributed by atoms with Gasteiger partial charge in [-0.25, -0.2) is 0 Å². The van der Waals surface area contributed by atoms with Crippen molar-refractivity contribution in [1.82, 2.24) is 0 Å². The summed E-state index contributed by atoms with van der Waals surface area (Å²) in [4.78, 5) is 14.6. The Morgan fingerprint density at radius 2 is 2.05 bits per heavy atom. The van der Waals surface area contributed by atoms with E-state index >= 15 is 0 Å². The van der Waals surface area contributed by atoms with Crippen LogP contribution in [0, 0.1) is 11.8 Å². The zero-order chi connectivity index (χ0) is 14.1. The zero-order valence-corrected chi connectivity index (χ0v) is 12.2. The van der Waals surface area contributed by atoms with E-state index in [1.54, 1.807) is 0 Å². The molecule has 1 saturated carbocycles. The maximum absolute atomic E-state index is 12.5. The normalized spacial score (nSPS) is 30.2. The lowest BCUT2D eigenvalue weighted by Gasteiger charge is -2.44. The van der Waals surface area contributed by atoms with Gasteiger partial charge in [0.1, 0.15) is 0 Å². The van der Waals surface area contributed by atoms with E-state index in [1.807, 2.05) is 6.07 Å². The summed E-state index contributed by atoms with van der Waals surface area (Å²) < 4.78 is 0. The zero-order valence-electron chi connectivity index (χ0n) is 12.2. The molecule has 1 aromatic carbocycles. The molecule has 2 aliphatic rings. The predicted octanol–water partition coefficient (Wildman–Crippen LogP) is 2.73. The van der Waals surface area contributed by atoms with Crippen LogP contribution in [0.5, 0.6) is 0 Å². The molecule has 3 nitrogen and oxygen atoms in total. The van der Waals surface area contributed by atoms with Crippen LogP contribution in [0.1, 0.15) is 38.2 Å². The number of nitrogens with zero attached hydrogens (tertiary/aromatic N) is 1. The Morgan fingerprint density at radius 3 is 2.85 bits per heavy atom. The SMILES string of the molecule is CC1CCC(CN)C(N2C(=O)CCc3ccccc32)C1. The van der Waals surface area contributed by atoms with Gasteiger partial charge in [-0.2, -0.15) is 0 Å². The van der Waals surface area contributed by atoms with Gasteiger partial charge in [0.2, 0.25) is 5.91 Å². The number of aryl methyl sites for hydroxylation is 1. The van der Waals surface area contributed by atoms with E-state index in [0.717, 1.165) is 24.9 Å². The number of carbonyl (C=O) groups excluding carboxylic acids is 1. The number of benzene rings is 1. The number of hydrogen-bond donors (Lipinski definition) is 1. The van der Waals surface area contributed by atoms with Crippen molar-refractivity contribution in [2.24, 2.45) is 17.6 Å². The third kappa shape index (κ3) is 2.35. The molecule has 0 bridgehead atoms. The van der Waals surface area contributed by atoms with Gasteiger partial charge in [-0.15, -0.1) is 0 Å². The first-order valence-electron chi connectivity index (χ1n) is 7.80. The number of nitrogens with two attached hydrogens (primary N) is 1. The van der Waals surface area contributed by atoms with Crippen LogP contribution in [0.15, 0.2) is 24.3 Å². The molecule has 3 atom stereocenters. The van der Waals surface area contributed by atoms with E-state index in [4.69, 9.17) is 5.73 Å². The third-order valence-electron chi connectivity index (χ3n) is 4.98. The lowest BCUT2D eigenvalue weighted by molar-refractivity contribution is -0.119. The minimum Gasteiger partial charge on any atom is -0.330 e. The van der Waals surface area contributed by atoms with E-state index in [9.17, 15) is 4.79 Å². The van der Waals surface area contributed by atoms with E-state index in [0.29, 0.717) is 24.8 Å². The van der Waals surface area contributed by atoms with Crippen molar-refractivity contribution in [2.45, 2.75) is 45.1 Å². The lowest BCUT2D eigenvalue weighted by atomic mass is 9.77. The monoisotopic (exact) mass is 272 g/mol. The Morgan fingerprint density at radius 1 is 1.25 bits per heavy atom. The summed E-state index contributed by atoms with van der Waals surface area (Å²) >= 11 is 0. The Labute approximate surface area is 121 Å². The highest BCUT2D eigenvalue weighted by molar-refractivity contribution is 5.97. The molecular formula is C17H24N2O. The summed E-state index contributed by atoms with van der Waals surface area (Å²) in [6.07, 6.45) is 4.98. The van der Waals surface area contributed by atoms with Gasteiger partial charge < -0.3 is 10.6 Å². The van der Waals surface area contributed by atoms with Crippen molar-refractivity contribution in [3.63, 3.8) is 0 Å². The molecule has 1 fully saturated rings. The average molecular weight is 272 g/mol.